The molecule has 0 aliphatic heterocycles. The summed E-state index contributed by atoms with van der Waals surface area (Å²) < 4.78 is 0. The van der Waals surface area contributed by atoms with Gasteiger partial charge in [-0.25, -0.2) is 0 Å². The summed E-state index contributed by atoms with van der Waals surface area (Å²) in [5.74, 6) is -3.13. The Morgan fingerprint density at radius 1 is 1.03 bits per heavy atom. The summed E-state index contributed by atoms with van der Waals surface area (Å²) in [5.41, 5.74) is 1.11. The van der Waals surface area contributed by atoms with Crippen LogP contribution < -0.4 is 5.32 Å². The average Bonchev–Trinajstić information content (AvgIpc) is 3.53. The van der Waals surface area contributed by atoms with Gasteiger partial charge in [0.15, 0.2) is 17.3 Å². The molecule has 1 N–H and O–H groups in total. The maximum absolute atomic E-state index is 13.4. The third-order valence-electron chi connectivity index (χ3n) is 7.53. The molecule has 6 nitrogen and oxygen atoms in total. The Balaban J connectivity index is 1.68. The SMILES string of the molecule is CC(C)[C@H](CC(=O)[C@H](C)NC(=O)[C@@H](C1Cc2ccccc2C1=O)C(C)(C)C)C(=O)C(=O)CC1CC1. The Hall–Kier alpha value is -2.63. The number of amides is 1. The number of hydrogen-bond donors (Lipinski definition) is 1. The molecule has 0 heterocycles. The Bertz CT molecular complexity index is 1010. The van der Waals surface area contributed by atoms with E-state index in [-0.39, 0.29) is 42.0 Å². The van der Waals surface area contributed by atoms with Crippen LogP contribution in [-0.4, -0.2) is 35.1 Å². The highest BCUT2D eigenvalue weighted by Gasteiger charge is 2.45. The fourth-order valence-electron chi connectivity index (χ4n) is 5.22. The van der Waals surface area contributed by atoms with Crippen LogP contribution in [0.25, 0.3) is 0 Å². The second-order valence-electron chi connectivity index (χ2n) is 11.9. The fraction of sp³-hybridized carbons (Fsp3) is 0.621. The van der Waals surface area contributed by atoms with E-state index in [4.69, 9.17) is 0 Å². The van der Waals surface area contributed by atoms with E-state index in [1.165, 1.54) is 0 Å². The molecule has 1 saturated carbocycles. The lowest BCUT2D eigenvalue weighted by Crippen LogP contribution is -2.49. The van der Waals surface area contributed by atoms with Crippen molar-refractivity contribution in [2.24, 2.45) is 35.0 Å². The molecule has 2 aliphatic carbocycles. The van der Waals surface area contributed by atoms with Crippen molar-refractivity contribution in [2.75, 3.05) is 0 Å². The van der Waals surface area contributed by atoms with Crippen molar-refractivity contribution in [2.45, 2.75) is 79.7 Å². The van der Waals surface area contributed by atoms with Crippen LogP contribution in [0, 0.1) is 35.0 Å². The minimum Gasteiger partial charge on any atom is -0.346 e. The van der Waals surface area contributed by atoms with Crippen LogP contribution >= 0.6 is 0 Å². The summed E-state index contributed by atoms with van der Waals surface area (Å²) in [6.45, 7) is 11.1. The van der Waals surface area contributed by atoms with Gasteiger partial charge in [-0.3, -0.25) is 24.0 Å². The van der Waals surface area contributed by atoms with E-state index in [1.54, 1.807) is 13.0 Å². The first-order valence-electron chi connectivity index (χ1n) is 12.8. The highest BCUT2D eigenvalue weighted by atomic mass is 16.2. The predicted molar refractivity (Wildman–Crippen MR) is 134 cm³/mol. The molecule has 190 valence electrons. The predicted octanol–water partition coefficient (Wildman–Crippen LogP) is 4.38. The third-order valence-corrected chi connectivity index (χ3v) is 7.53. The normalized spacial score (nSPS) is 20.2. The number of carbonyl (C=O) groups is 5. The molecular formula is C29H39NO5. The maximum Gasteiger partial charge on any atom is 0.224 e. The number of benzene rings is 1. The van der Waals surface area contributed by atoms with Crippen LogP contribution in [0.4, 0.5) is 0 Å². The van der Waals surface area contributed by atoms with Gasteiger partial charge in [-0.1, -0.05) is 58.9 Å². The zero-order valence-electron chi connectivity index (χ0n) is 21.9. The molecule has 1 aromatic rings. The molecule has 1 aromatic carbocycles. The van der Waals surface area contributed by atoms with Crippen molar-refractivity contribution in [3.05, 3.63) is 35.4 Å². The molecule has 6 heteroatoms. The first-order valence-corrected chi connectivity index (χ1v) is 12.8. The van der Waals surface area contributed by atoms with Gasteiger partial charge in [0.2, 0.25) is 11.7 Å². The van der Waals surface area contributed by atoms with Gasteiger partial charge in [0.25, 0.3) is 0 Å². The van der Waals surface area contributed by atoms with E-state index < -0.39 is 35.0 Å². The smallest absolute Gasteiger partial charge is 0.224 e. The summed E-state index contributed by atoms with van der Waals surface area (Å²) in [6.07, 6.45) is 2.66. The van der Waals surface area contributed by atoms with Crippen LogP contribution in [0.5, 0.6) is 0 Å². The van der Waals surface area contributed by atoms with Crippen LogP contribution in [0.15, 0.2) is 24.3 Å². The number of ketones is 4. The third kappa shape index (κ3) is 6.33. The first-order chi connectivity index (χ1) is 16.3. The van der Waals surface area contributed by atoms with Crippen molar-refractivity contribution >= 4 is 29.0 Å². The van der Waals surface area contributed by atoms with Gasteiger partial charge >= 0.3 is 0 Å². The molecule has 1 amide bonds. The zero-order chi connectivity index (χ0) is 26.1. The zero-order valence-corrected chi connectivity index (χ0v) is 21.9. The quantitative estimate of drug-likeness (QED) is 0.473. The lowest BCUT2D eigenvalue weighted by molar-refractivity contribution is -0.141. The molecular weight excluding hydrogens is 442 g/mol. The van der Waals surface area contributed by atoms with E-state index in [9.17, 15) is 24.0 Å². The average molecular weight is 482 g/mol. The summed E-state index contributed by atoms with van der Waals surface area (Å²) in [5, 5.41) is 2.83. The summed E-state index contributed by atoms with van der Waals surface area (Å²) in [6, 6.07) is 6.62. The van der Waals surface area contributed by atoms with Gasteiger partial charge in [-0.05, 0) is 49.0 Å². The van der Waals surface area contributed by atoms with Crippen molar-refractivity contribution in [1.29, 1.82) is 0 Å². The van der Waals surface area contributed by atoms with Gasteiger partial charge in [0, 0.05) is 30.2 Å². The Labute approximate surface area is 208 Å². The van der Waals surface area contributed by atoms with Crippen molar-refractivity contribution < 1.29 is 24.0 Å². The molecule has 0 bridgehead atoms. The van der Waals surface area contributed by atoms with Crippen molar-refractivity contribution in [1.82, 2.24) is 5.32 Å². The number of rotatable bonds is 11. The number of Topliss-reactive ketones (excluding diaryl/α,β-unsaturated/α-hetero) is 4. The van der Waals surface area contributed by atoms with E-state index in [2.05, 4.69) is 5.32 Å². The van der Waals surface area contributed by atoms with Crippen LogP contribution in [0.1, 0.15) is 83.1 Å². The number of carbonyl (C=O) groups excluding carboxylic acids is 5. The Morgan fingerprint density at radius 2 is 1.66 bits per heavy atom. The molecule has 0 saturated heterocycles. The summed E-state index contributed by atoms with van der Waals surface area (Å²) in [4.78, 5) is 64.8. The Kier molecular flexibility index (Phi) is 8.13. The number of fused-ring (bicyclic) bond motifs is 1. The number of hydrogen-bond acceptors (Lipinski definition) is 5. The standard InChI is InChI=1S/C29H39NO5/c1-16(2)21(27(34)24(32)13-18-11-12-18)15-23(31)17(3)30-28(35)25(29(4,5)6)22-14-19-9-7-8-10-20(19)26(22)33/h7-10,16-18,21-22,25H,11-15H2,1-6H3,(H,30,35)/t17-,21-,22?,25+/m0/s1. The Morgan fingerprint density at radius 3 is 2.20 bits per heavy atom. The fourth-order valence-corrected chi connectivity index (χ4v) is 5.22. The van der Waals surface area contributed by atoms with Crippen LogP contribution in [0.3, 0.4) is 0 Å². The lowest BCUT2D eigenvalue weighted by Gasteiger charge is -2.34. The highest BCUT2D eigenvalue weighted by Crippen LogP contribution is 2.40. The molecule has 1 unspecified atom stereocenters. The maximum atomic E-state index is 13.4. The molecule has 4 atom stereocenters. The minimum absolute atomic E-state index is 0.0331. The van der Waals surface area contributed by atoms with Gasteiger partial charge in [-0.2, -0.15) is 0 Å². The van der Waals surface area contributed by atoms with E-state index in [1.807, 2.05) is 52.8 Å². The van der Waals surface area contributed by atoms with Gasteiger partial charge in [-0.15, -0.1) is 0 Å². The van der Waals surface area contributed by atoms with Gasteiger partial charge in [0.05, 0.1) is 12.0 Å². The van der Waals surface area contributed by atoms with Crippen LogP contribution in [0.2, 0.25) is 0 Å². The summed E-state index contributed by atoms with van der Waals surface area (Å²) >= 11 is 0. The van der Waals surface area contributed by atoms with Crippen molar-refractivity contribution in [3.8, 4) is 0 Å². The number of nitrogens with one attached hydrogen (secondary N) is 1. The topological polar surface area (TPSA) is 97.4 Å². The second-order valence-corrected chi connectivity index (χ2v) is 11.9. The molecule has 0 aromatic heterocycles. The molecule has 3 rings (SSSR count). The van der Waals surface area contributed by atoms with E-state index in [0.717, 1.165) is 18.4 Å². The molecule has 35 heavy (non-hydrogen) atoms. The van der Waals surface area contributed by atoms with E-state index in [0.29, 0.717) is 17.9 Å². The minimum atomic E-state index is -0.821. The van der Waals surface area contributed by atoms with E-state index >= 15 is 0 Å². The van der Waals surface area contributed by atoms with Gasteiger partial charge in [0.1, 0.15) is 0 Å². The largest absolute Gasteiger partial charge is 0.346 e. The van der Waals surface area contributed by atoms with Crippen molar-refractivity contribution in [3.63, 3.8) is 0 Å². The summed E-state index contributed by atoms with van der Waals surface area (Å²) in [7, 11) is 0. The van der Waals surface area contributed by atoms with Gasteiger partial charge < -0.3 is 5.32 Å². The molecule has 2 aliphatic rings. The highest BCUT2D eigenvalue weighted by molar-refractivity contribution is 6.38. The second kappa shape index (κ2) is 10.5. The van der Waals surface area contributed by atoms with Crippen LogP contribution in [-0.2, 0) is 25.6 Å². The lowest BCUT2D eigenvalue weighted by atomic mass is 9.71. The molecule has 1 fully saturated rings. The first kappa shape index (κ1) is 27.0. The molecule has 0 spiro atoms. The molecule has 0 radical (unpaired) electrons. The monoisotopic (exact) mass is 481 g/mol.